The summed E-state index contributed by atoms with van der Waals surface area (Å²) in [7, 11) is 4.06. The molecule has 1 aromatic carbocycles. The van der Waals surface area contributed by atoms with Gasteiger partial charge in [-0.3, -0.25) is 0 Å². The summed E-state index contributed by atoms with van der Waals surface area (Å²) in [6.45, 7) is 7.18. The lowest BCUT2D eigenvalue weighted by Gasteiger charge is -2.34. The summed E-state index contributed by atoms with van der Waals surface area (Å²) in [6, 6.07) is 7.06. The molecule has 1 aromatic rings. The first-order valence-electron chi connectivity index (χ1n) is 7.03. The third kappa shape index (κ3) is 5.49. The molecule has 0 bridgehead atoms. The molecule has 4 nitrogen and oxygen atoms in total. The van der Waals surface area contributed by atoms with Crippen molar-refractivity contribution in [3.63, 3.8) is 0 Å². The standard InChI is InChI=1S/C17H25N3O/c1-7-14-9-8-10-15(11-14)19-16(21)18-13(2)17(3,4)12-20(5)6/h1,8-11,13H,12H2,2-6H3,(H2,18,19,21)/t13-/m1/s1. The Balaban J connectivity index is 2.62. The summed E-state index contributed by atoms with van der Waals surface area (Å²) < 4.78 is 0. The van der Waals surface area contributed by atoms with Gasteiger partial charge in [0.05, 0.1) is 0 Å². The van der Waals surface area contributed by atoms with Gasteiger partial charge in [0.2, 0.25) is 0 Å². The van der Waals surface area contributed by atoms with Crippen LogP contribution in [0.15, 0.2) is 24.3 Å². The first-order valence-corrected chi connectivity index (χ1v) is 7.03. The highest BCUT2D eigenvalue weighted by Crippen LogP contribution is 2.21. The Morgan fingerprint density at radius 1 is 1.43 bits per heavy atom. The van der Waals surface area contributed by atoms with Crippen LogP contribution in [0, 0.1) is 17.8 Å². The average molecular weight is 287 g/mol. The first kappa shape index (κ1) is 17.1. The summed E-state index contributed by atoms with van der Waals surface area (Å²) in [5.41, 5.74) is 1.41. The van der Waals surface area contributed by atoms with Crippen molar-refractivity contribution in [2.75, 3.05) is 26.0 Å². The molecule has 2 N–H and O–H groups in total. The van der Waals surface area contributed by atoms with Gasteiger partial charge in [0, 0.05) is 23.8 Å². The molecule has 114 valence electrons. The fraction of sp³-hybridized carbons (Fsp3) is 0.471. The van der Waals surface area contributed by atoms with Gasteiger partial charge in [0.25, 0.3) is 0 Å². The van der Waals surface area contributed by atoms with Crippen LogP contribution in [-0.2, 0) is 0 Å². The quantitative estimate of drug-likeness (QED) is 0.818. The molecule has 1 rings (SSSR count). The van der Waals surface area contributed by atoms with Crippen molar-refractivity contribution in [1.29, 1.82) is 0 Å². The van der Waals surface area contributed by atoms with Gasteiger partial charge in [0.1, 0.15) is 0 Å². The number of anilines is 1. The Morgan fingerprint density at radius 3 is 2.67 bits per heavy atom. The number of hydrogen-bond donors (Lipinski definition) is 2. The first-order chi connectivity index (χ1) is 9.74. The molecule has 0 saturated carbocycles. The molecule has 0 aromatic heterocycles. The van der Waals surface area contributed by atoms with E-state index in [9.17, 15) is 4.79 Å². The molecule has 0 spiro atoms. The monoisotopic (exact) mass is 287 g/mol. The van der Waals surface area contributed by atoms with Crippen molar-refractivity contribution in [1.82, 2.24) is 10.2 Å². The molecular formula is C17H25N3O. The Morgan fingerprint density at radius 2 is 2.10 bits per heavy atom. The lowest BCUT2D eigenvalue weighted by molar-refractivity contribution is 0.183. The number of terminal acetylenes is 1. The molecule has 0 heterocycles. The van der Waals surface area contributed by atoms with Gasteiger partial charge >= 0.3 is 6.03 Å². The summed E-state index contributed by atoms with van der Waals surface area (Å²) in [5, 5.41) is 5.80. The number of hydrogen-bond acceptors (Lipinski definition) is 2. The van der Waals surface area contributed by atoms with Crippen molar-refractivity contribution < 1.29 is 4.79 Å². The van der Waals surface area contributed by atoms with Gasteiger partial charge < -0.3 is 15.5 Å². The van der Waals surface area contributed by atoms with Crippen LogP contribution in [0.1, 0.15) is 26.3 Å². The maximum absolute atomic E-state index is 12.1. The van der Waals surface area contributed by atoms with Gasteiger partial charge in [-0.2, -0.15) is 0 Å². The summed E-state index contributed by atoms with van der Waals surface area (Å²) in [4.78, 5) is 14.2. The van der Waals surface area contributed by atoms with Crippen molar-refractivity contribution >= 4 is 11.7 Å². The summed E-state index contributed by atoms with van der Waals surface area (Å²) >= 11 is 0. The Labute approximate surface area is 127 Å². The highest BCUT2D eigenvalue weighted by Gasteiger charge is 2.27. The van der Waals surface area contributed by atoms with Crippen molar-refractivity contribution in [2.45, 2.75) is 26.8 Å². The number of benzene rings is 1. The second-order valence-corrected chi connectivity index (χ2v) is 6.27. The number of urea groups is 1. The van der Waals surface area contributed by atoms with E-state index < -0.39 is 0 Å². The van der Waals surface area contributed by atoms with E-state index in [-0.39, 0.29) is 17.5 Å². The number of carbonyl (C=O) groups is 1. The van der Waals surface area contributed by atoms with E-state index in [0.29, 0.717) is 5.69 Å². The van der Waals surface area contributed by atoms with Crippen LogP contribution in [0.25, 0.3) is 0 Å². The van der Waals surface area contributed by atoms with E-state index in [4.69, 9.17) is 6.42 Å². The third-order valence-corrected chi connectivity index (χ3v) is 3.53. The fourth-order valence-electron chi connectivity index (χ4n) is 2.20. The topological polar surface area (TPSA) is 44.4 Å². The molecule has 0 fully saturated rings. The predicted molar refractivity (Wildman–Crippen MR) is 88.3 cm³/mol. The number of rotatable bonds is 5. The van der Waals surface area contributed by atoms with E-state index in [1.54, 1.807) is 6.07 Å². The van der Waals surface area contributed by atoms with Crippen molar-refractivity contribution in [3.8, 4) is 12.3 Å². The largest absolute Gasteiger partial charge is 0.335 e. The molecule has 21 heavy (non-hydrogen) atoms. The van der Waals surface area contributed by atoms with Crippen LogP contribution in [0.3, 0.4) is 0 Å². The van der Waals surface area contributed by atoms with Crippen LogP contribution in [0.4, 0.5) is 10.5 Å². The van der Waals surface area contributed by atoms with Gasteiger partial charge in [-0.05, 0) is 44.6 Å². The predicted octanol–water partition coefficient (Wildman–Crippen LogP) is 2.77. The SMILES string of the molecule is C#Cc1cccc(NC(=O)N[C@H](C)C(C)(C)CN(C)C)c1. The number of amides is 2. The minimum absolute atomic E-state index is 0.0263. The van der Waals surface area contributed by atoms with Crippen molar-refractivity contribution in [2.24, 2.45) is 5.41 Å². The Kier molecular flexibility index (Phi) is 5.80. The smallest absolute Gasteiger partial charge is 0.319 e. The van der Waals surface area contributed by atoms with Crippen LogP contribution < -0.4 is 10.6 Å². The van der Waals surface area contributed by atoms with E-state index in [1.807, 2.05) is 39.2 Å². The Hall–Kier alpha value is -1.99. The molecule has 0 aliphatic heterocycles. The molecule has 0 radical (unpaired) electrons. The van der Waals surface area contributed by atoms with Crippen LogP contribution in [0.5, 0.6) is 0 Å². The zero-order valence-corrected chi connectivity index (χ0v) is 13.5. The summed E-state index contributed by atoms with van der Waals surface area (Å²) in [6.07, 6.45) is 5.35. The average Bonchev–Trinajstić information content (AvgIpc) is 2.37. The van der Waals surface area contributed by atoms with Crippen LogP contribution >= 0.6 is 0 Å². The lowest BCUT2D eigenvalue weighted by Crippen LogP contribution is -2.48. The highest BCUT2D eigenvalue weighted by atomic mass is 16.2. The number of nitrogens with one attached hydrogen (secondary N) is 2. The molecule has 4 heteroatoms. The summed E-state index contributed by atoms with van der Waals surface area (Å²) in [5.74, 6) is 2.55. The van der Waals surface area contributed by atoms with Crippen LogP contribution in [-0.4, -0.2) is 37.6 Å². The second kappa shape index (κ2) is 7.14. The minimum Gasteiger partial charge on any atom is -0.335 e. The second-order valence-electron chi connectivity index (χ2n) is 6.27. The molecule has 0 saturated heterocycles. The van der Waals surface area contributed by atoms with Gasteiger partial charge in [0.15, 0.2) is 0 Å². The fourth-order valence-corrected chi connectivity index (χ4v) is 2.20. The van der Waals surface area contributed by atoms with Crippen LogP contribution in [0.2, 0.25) is 0 Å². The van der Waals surface area contributed by atoms with Crippen molar-refractivity contribution in [3.05, 3.63) is 29.8 Å². The molecule has 0 aliphatic rings. The number of nitrogens with zero attached hydrogens (tertiary/aromatic N) is 1. The van der Waals surface area contributed by atoms with Gasteiger partial charge in [-0.25, -0.2) is 4.79 Å². The van der Waals surface area contributed by atoms with E-state index >= 15 is 0 Å². The van der Waals surface area contributed by atoms with E-state index in [1.165, 1.54) is 0 Å². The van der Waals surface area contributed by atoms with E-state index in [2.05, 4.69) is 35.3 Å². The maximum Gasteiger partial charge on any atom is 0.319 e. The maximum atomic E-state index is 12.1. The minimum atomic E-state index is -0.219. The molecular weight excluding hydrogens is 262 g/mol. The molecule has 1 atom stereocenters. The third-order valence-electron chi connectivity index (χ3n) is 3.53. The highest BCUT2D eigenvalue weighted by molar-refractivity contribution is 5.89. The number of carbonyl (C=O) groups excluding carboxylic acids is 1. The molecule has 0 aliphatic carbocycles. The van der Waals surface area contributed by atoms with Gasteiger partial charge in [-0.15, -0.1) is 6.42 Å². The lowest BCUT2D eigenvalue weighted by atomic mass is 9.85. The molecule has 0 unspecified atom stereocenters. The van der Waals surface area contributed by atoms with Gasteiger partial charge in [-0.1, -0.05) is 25.8 Å². The normalized spacial score (nSPS) is 12.6. The zero-order valence-electron chi connectivity index (χ0n) is 13.5. The zero-order chi connectivity index (χ0) is 16.0. The van der Waals surface area contributed by atoms with E-state index in [0.717, 1.165) is 12.1 Å². The Bertz CT molecular complexity index is 529. The molecule has 2 amide bonds.